The van der Waals surface area contributed by atoms with Crippen molar-refractivity contribution in [3.05, 3.63) is 35.2 Å². The SMILES string of the molecule is CCCCC(CC(C)C)OC.Cc1cccc(-c2csc(NC(=O)CN)n2)c1. The lowest BCUT2D eigenvalue weighted by atomic mass is 10.0. The van der Waals surface area contributed by atoms with E-state index in [0.717, 1.165) is 17.2 Å². The van der Waals surface area contributed by atoms with E-state index in [1.165, 1.54) is 42.6 Å². The number of carbonyl (C=O) groups is 1. The van der Waals surface area contributed by atoms with Crippen molar-refractivity contribution in [2.45, 2.75) is 59.5 Å². The number of benzene rings is 1. The number of rotatable bonds is 9. The molecule has 5 nitrogen and oxygen atoms in total. The Balaban J connectivity index is 0.000000311. The number of amides is 1. The van der Waals surface area contributed by atoms with Crippen LogP contribution in [0.2, 0.25) is 0 Å². The highest BCUT2D eigenvalue weighted by molar-refractivity contribution is 7.14. The second-order valence-corrected chi connectivity index (χ2v) is 8.15. The molecule has 1 unspecified atom stereocenters. The molecule has 1 aromatic carbocycles. The maximum Gasteiger partial charge on any atom is 0.239 e. The molecule has 0 radical (unpaired) electrons. The Morgan fingerprint density at radius 2 is 2.11 bits per heavy atom. The Bertz CT molecular complexity index is 701. The fraction of sp³-hybridized carbons (Fsp3) is 0.545. The van der Waals surface area contributed by atoms with Crippen molar-refractivity contribution in [2.24, 2.45) is 11.7 Å². The predicted molar refractivity (Wildman–Crippen MR) is 120 cm³/mol. The van der Waals surface area contributed by atoms with E-state index in [9.17, 15) is 4.79 Å². The summed E-state index contributed by atoms with van der Waals surface area (Å²) in [6.45, 7) is 8.73. The minimum Gasteiger partial charge on any atom is -0.381 e. The molecule has 2 aromatic rings. The van der Waals surface area contributed by atoms with Gasteiger partial charge in [0, 0.05) is 18.1 Å². The third-order valence-electron chi connectivity index (χ3n) is 4.20. The van der Waals surface area contributed by atoms with Crippen LogP contribution in [-0.4, -0.2) is 30.6 Å². The molecule has 1 amide bonds. The van der Waals surface area contributed by atoms with Gasteiger partial charge in [-0.15, -0.1) is 11.3 Å². The normalized spacial score (nSPS) is 11.7. The van der Waals surface area contributed by atoms with E-state index in [1.807, 2.05) is 37.6 Å². The summed E-state index contributed by atoms with van der Waals surface area (Å²) >= 11 is 1.40. The monoisotopic (exact) mass is 405 g/mol. The van der Waals surface area contributed by atoms with E-state index in [4.69, 9.17) is 10.5 Å². The Hall–Kier alpha value is -1.76. The van der Waals surface area contributed by atoms with Gasteiger partial charge in [-0.1, -0.05) is 57.4 Å². The van der Waals surface area contributed by atoms with Crippen LogP contribution in [0.25, 0.3) is 11.3 Å². The van der Waals surface area contributed by atoms with Gasteiger partial charge in [0.2, 0.25) is 5.91 Å². The van der Waals surface area contributed by atoms with Gasteiger partial charge in [0.05, 0.1) is 18.3 Å². The lowest BCUT2D eigenvalue weighted by molar-refractivity contribution is -0.114. The number of carbonyl (C=O) groups excluding carboxylic acids is 1. The number of unbranched alkanes of at least 4 members (excludes halogenated alkanes) is 1. The molecule has 0 aliphatic rings. The van der Waals surface area contributed by atoms with E-state index >= 15 is 0 Å². The van der Waals surface area contributed by atoms with E-state index in [2.05, 4.69) is 37.1 Å². The van der Waals surface area contributed by atoms with Gasteiger partial charge in [-0.2, -0.15) is 0 Å². The number of thiazole rings is 1. The average Bonchev–Trinajstić information content (AvgIpc) is 3.13. The van der Waals surface area contributed by atoms with Crippen LogP contribution < -0.4 is 11.1 Å². The van der Waals surface area contributed by atoms with Gasteiger partial charge in [-0.05, 0) is 31.7 Å². The first-order valence-corrected chi connectivity index (χ1v) is 10.8. The van der Waals surface area contributed by atoms with Crippen LogP contribution in [0.1, 0.15) is 52.0 Å². The maximum absolute atomic E-state index is 11.1. The summed E-state index contributed by atoms with van der Waals surface area (Å²) in [5.74, 6) is 0.534. The molecule has 3 N–H and O–H groups in total. The van der Waals surface area contributed by atoms with Crippen molar-refractivity contribution in [3.8, 4) is 11.3 Å². The fourth-order valence-corrected chi connectivity index (χ4v) is 3.46. The van der Waals surface area contributed by atoms with E-state index in [1.54, 1.807) is 0 Å². The van der Waals surface area contributed by atoms with E-state index in [-0.39, 0.29) is 12.5 Å². The molecule has 0 spiro atoms. The molecule has 1 atom stereocenters. The Morgan fingerprint density at radius 1 is 1.36 bits per heavy atom. The molecular formula is C22H35N3O2S. The van der Waals surface area contributed by atoms with Crippen LogP contribution >= 0.6 is 11.3 Å². The predicted octanol–water partition coefficient (Wildman–Crippen LogP) is 5.25. The topological polar surface area (TPSA) is 77.2 Å². The average molecular weight is 406 g/mol. The summed E-state index contributed by atoms with van der Waals surface area (Å²) in [7, 11) is 1.82. The second kappa shape index (κ2) is 13.4. The molecule has 156 valence electrons. The van der Waals surface area contributed by atoms with Gasteiger partial charge in [0.15, 0.2) is 5.13 Å². The number of aryl methyl sites for hydroxylation is 1. The van der Waals surface area contributed by atoms with E-state index < -0.39 is 0 Å². The first-order chi connectivity index (χ1) is 13.4. The quantitative estimate of drug-likeness (QED) is 0.597. The number of anilines is 1. The summed E-state index contributed by atoms with van der Waals surface area (Å²) in [4.78, 5) is 15.5. The van der Waals surface area contributed by atoms with Crippen molar-refractivity contribution in [1.82, 2.24) is 4.98 Å². The maximum atomic E-state index is 11.1. The number of hydrogen-bond acceptors (Lipinski definition) is 5. The number of ether oxygens (including phenoxy) is 1. The third kappa shape index (κ3) is 9.44. The van der Waals surface area contributed by atoms with E-state index in [0.29, 0.717) is 11.2 Å². The van der Waals surface area contributed by atoms with Gasteiger partial charge in [0.1, 0.15) is 0 Å². The van der Waals surface area contributed by atoms with Crippen molar-refractivity contribution in [2.75, 3.05) is 19.0 Å². The zero-order valence-electron chi connectivity index (χ0n) is 17.8. The first kappa shape index (κ1) is 24.3. The highest BCUT2D eigenvalue weighted by Gasteiger charge is 2.08. The molecule has 28 heavy (non-hydrogen) atoms. The lowest BCUT2D eigenvalue weighted by Crippen LogP contribution is -2.21. The summed E-state index contributed by atoms with van der Waals surface area (Å²) < 4.78 is 5.36. The van der Waals surface area contributed by atoms with Gasteiger partial charge >= 0.3 is 0 Å². The van der Waals surface area contributed by atoms with Crippen molar-refractivity contribution in [3.63, 3.8) is 0 Å². The Morgan fingerprint density at radius 3 is 2.68 bits per heavy atom. The molecule has 0 fully saturated rings. The van der Waals surface area contributed by atoms with Crippen molar-refractivity contribution < 1.29 is 9.53 Å². The Labute approximate surface area is 173 Å². The lowest BCUT2D eigenvalue weighted by Gasteiger charge is -2.16. The first-order valence-electron chi connectivity index (χ1n) is 9.94. The number of hydrogen-bond donors (Lipinski definition) is 2. The molecule has 2 rings (SSSR count). The standard InChI is InChI=1S/C12H13N3OS.C10H22O/c1-8-3-2-4-9(5-8)10-7-17-12(14-10)15-11(16)6-13;1-5-6-7-10(11-4)8-9(2)3/h2-5,7H,6,13H2,1H3,(H,14,15,16);9-10H,5-8H2,1-4H3. The fourth-order valence-electron chi connectivity index (χ4n) is 2.73. The van der Waals surface area contributed by atoms with Gasteiger partial charge in [0.25, 0.3) is 0 Å². The molecule has 0 aliphatic heterocycles. The molecule has 6 heteroatoms. The second-order valence-electron chi connectivity index (χ2n) is 7.29. The minimum atomic E-state index is -0.227. The molecule has 0 aliphatic carbocycles. The largest absolute Gasteiger partial charge is 0.381 e. The zero-order chi connectivity index (χ0) is 20.9. The number of nitrogens with two attached hydrogens (primary N) is 1. The molecule has 1 aromatic heterocycles. The molecule has 1 heterocycles. The van der Waals surface area contributed by atoms with Crippen molar-refractivity contribution in [1.29, 1.82) is 0 Å². The smallest absolute Gasteiger partial charge is 0.239 e. The number of methoxy groups -OCH3 is 1. The zero-order valence-corrected chi connectivity index (χ0v) is 18.6. The van der Waals surface area contributed by atoms with Crippen LogP contribution in [0.5, 0.6) is 0 Å². The third-order valence-corrected chi connectivity index (χ3v) is 4.95. The van der Waals surface area contributed by atoms with Crippen LogP contribution in [0, 0.1) is 12.8 Å². The molecular weight excluding hydrogens is 370 g/mol. The van der Waals surface area contributed by atoms with Crippen molar-refractivity contribution >= 4 is 22.4 Å². The number of nitrogens with one attached hydrogen (secondary N) is 1. The molecule has 0 saturated carbocycles. The minimum absolute atomic E-state index is 0.0284. The summed E-state index contributed by atoms with van der Waals surface area (Å²) in [5.41, 5.74) is 8.32. The summed E-state index contributed by atoms with van der Waals surface area (Å²) in [5, 5.41) is 5.14. The van der Waals surface area contributed by atoms with Gasteiger partial charge in [-0.3, -0.25) is 4.79 Å². The highest BCUT2D eigenvalue weighted by Crippen LogP contribution is 2.25. The molecule has 0 saturated heterocycles. The summed E-state index contributed by atoms with van der Waals surface area (Å²) in [6.07, 6.45) is 5.50. The van der Waals surface area contributed by atoms with Gasteiger partial charge < -0.3 is 15.8 Å². The van der Waals surface area contributed by atoms with Crippen LogP contribution in [0.3, 0.4) is 0 Å². The highest BCUT2D eigenvalue weighted by atomic mass is 32.1. The van der Waals surface area contributed by atoms with Crippen LogP contribution in [0.4, 0.5) is 5.13 Å². The van der Waals surface area contributed by atoms with Gasteiger partial charge in [-0.25, -0.2) is 4.98 Å². The Kier molecular flexibility index (Phi) is 11.6. The summed E-state index contributed by atoms with van der Waals surface area (Å²) in [6, 6.07) is 8.08. The van der Waals surface area contributed by atoms with Crippen LogP contribution in [-0.2, 0) is 9.53 Å². The number of aromatic nitrogens is 1. The van der Waals surface area contributed by atoms with Crippen LogP contribution in [0.15, 0.2) is 29.6 Å². The molecule has 0 bridgehead atoms. The number of nitrogens with zero attached hydrogens (tertiary/aromatic N) is 1.